The van der Waals surface area contributed by atoms with E-state index in [2.05, 4.69) is 13.0 Å². The third-order valence-corrected chi connectivity index (χ3v) is 3.81. The number of nitriles is 1. The van der Waals surface area contributed by atoms with Crippen LogP contribution in [-0.2, 0) is 4.79 Å². The molecule has 3 unspecified atom stereocenters. The van der Waals surface area contributed by atoms with Gasteiger partial charge in [-0.25, -0.2) is 0 Å². The smallest absolute Gasteiger partial charge is 0.224 e. The van der Waals surface area contributed by atoms with Crippen LogP contribution < -0.4 is 0 Å². The molecule has 2 rings (SSSR count). The van der Waals surface area contributed by atoms with Gasteiger partial charge >= 0.3 is 0 Å². The third kappa shape index (κ3) is 1.99. The van der Waals surface area contributed by atoms with Crippen LogP contribution in [0.15, 0.2) is 0 Å². The van der Waals surface area contributed by atoms with Crippen LogP contribution in [-0.4, -0.2) is 23.4 Å². The largest absolute Gasteiger partial charge is 0.338 e. The van der Waals surface area contributed by atoms with Gasteiger partial charge in [0, 0.05) is 19.0 Å². The minimum atomic E-state index is -0.0633. The van der Waals surface area contributed by atoms with Crippen LogP contribution in [0.25, 0.3) is 0 Å². The highest BCUT2D eigenvalue weighted by Crippen LogP contribution is 2.31. The molecule has 0 bridgehead atoms. The molecule has 1 saturated carbocycles. The molecular formula is C12H18N2O. The van der Waals surface area contributed by atoms with Gasteiger partial charge in [0.25, 0.3) is 0 Å². The number of hydrogen-bond acceptors (Lipinski definition) is 2. The van der Waals surface area contributed by atoms with Crippen molar-refractivity contribution in [1.82, 2.24) is 4.90 Å². The van der Waals surface area contributed by atoms with Gasteiger partial charge in [-0.1, -0.05) is 19.8 Å². The molecule has 1 aliphatic carbocycles. The van der Waals surface area contributed by atoms with Crippen molar-refractivity contribution in [2.75, 3.05) is 6.54 Å². The fourth-order valence-corrected chi connectivity index (χ4v) is 2.90. The Balaban J connectivity index is 2.04. The first kappa shape index (κ1) is 10.5. The van der Waals surface area contributed by atoms with Crippen molar-refractivity contribution < 1.29 is 4.79 Å². The normalized spacial score (nSPS) is 36.7. The second-order valence-electron chi connectivity index (χ2n) is 4.91. The summed E-state index contributed by atoms with van der Waals surface area (Å²) < 4.78 is 0. The van der Waals surface area contributed by atoms with E-state index in [0.29, 0.717) is 24.9 Å². The Bertz CT molecular complexity index is 294. The number of likely N-dealkylation sites (tertiary alicyclic amines) is 1. The molecule has 3 nitrogen and oxygen atoms in total. The van der Waals surface area contributed by atoms with Gasteiger partial charge < -0.3 is 4.90 Å². The van der Waals surface area contributed by atoms with Gasteiger partial charge in [0.1, 0.15) is 0 Å². The lowest BCUT2D eigenvalue weighted by Gasteiger charge is -2.36. The molecule has 0 aromatic carbocycles. The van der Waals surface area contributed by atoms with Crippen LogP contribution in [0.5, 0.6) is 0 Å². The molecule has 1 aliphatic heterocycles. The van der Waals surface area contributed by atoms with E-state index in [1.807, 2.05) is 4.90 Å². The van der Waals surface area contributed by atoms with E-state index < -0.39 is 0 Å². The molecule has 0 N–H and O–H groups in total. The number of carbonyl (C=O) groups is 1. The summed E-state index contributed by atoms with van der Waals surface area (Å²) in [5.41, 5.74) is 0. The van der Waals surface area contributed by atoms with Crippen molar-refractivity contribution in [3.63, 3.8) is 0 Å². The van der Waals surface area contributed by atoms with Gasteiger partial charge in [-0.05, 0) is 18.8 Å². The number of carbonyl (C=O) groups excluding carboxylic acids is 1. The summed E-state index contributed by atoms with van der Waals surface area (Å²) in [7, 11) is 0. The zero-order valence-corrected chi connectivity index (χ0v) is 9.28. The lowest BCUT2D eigenvalue weighted by molar-refractivity contribution is -0.131. The molecule has 3 atom stereocenters. The molecule has 0 spiro atoms. The van der Waals surface area contributed by atoms with Crippen molar-refractivity contribution in [3.05, 3.63) is 0 Å². The number of amides is 1. The van der Waals surface area contributed by atoms with E-state index >= 15 is 0 Å². The second kappa shape index (κ2) is 4.22. The lowest BCUT2D eigenvalue weighted by Crippen LogP contribution is -2.42. The fourth-order valence-electron chi connectivity index (χ4n) is 2.90. The quantitative estimate of drug-likeness (QED) is 0.658. The molecule has 3 heteroatoms. The molecule has 0 radical (unpaired) electrons. The summed E-state index contributed by atoms with van der Waals surface area (Å²) in [5.74, 6) is 0.743. The van der Waals surface area contributed by atoms with Crippen LogP contribution in [0.4, 0.5) is 0 Å². The number of hydrogen-bond donors (Lipinski definition) is 0. The maximum atomic E-state index is 11.8. The zero-order valence-electron chi connectivity index (χ0n) is 9.28. The lowest BCUT2D eigenvalue weighted by atomic mass is 9.85. The van der Waals surface area contributed by atoms with E-state index in [4.69, 9.17) is 5.26 Å². The zero-order chi connectivity index (χ0) is 10.8. The van der Waals surface area contributed by atoms with E-state index in [9.17, 15) is 4.79 Å². The Morgan fingerprint density at radius 1 is 1.40 bits per heavy atom. The van der Waals surface area contributed by atoms with Crippen LogP contribution in [0.1, 0.15) is 39.0 Å². The van der Waals surface area contributed by atoms with E-state index in [-0.39, 0.29) is 11.8 Å². The predicted molar refractivity (Wildman–Crippen MR) is 56.9 cm³/mol. The molecule has 1 amide bonds. The fraction of sp³-hybridized carbons (Fsp3) is 0.833. The van der Waals surface area contributed by atoms with Crippen LogP contribution in [0.2, 0.25) is 0 Å². The average molecular weight is 206 g/mol. The highest BCUT2D eigenvalue weighted by molar-refractivity contribution is 5.79. The van der Waals surface area contributed by atoms with E-state index in [1.54, 1.807) is 0 Å². The van der Waals surface area contributed by atoms with Gasteiger partial charge in [0.2, 0.25) is 5.91 Å². The monoisotopic (exact) mass is 206 g/mol. The van der Waals surface area contributed by atoms with Gasteiger partial charge in [-0.2, -0.15) is 5.26 Å². The van der Waals surface area contributed by atoms with Gasteiger partial charge in [-0.3, -0.25) is 4.79 Å². The Kier molecular flexibility index (Phi) is 2.95. The summed E-state index contributed by atoms with van der Waals surface area (Å²) in [4.78, 5) is 13.7. The van der Waals surface area contributed by atoms with Gasteiger partial charge in [0.15, 0.2) is 0 Å². The second-order valence-corrected chi connectivity index (χ2v) is 4.91. The number of rotatable bonds is 1. The Hall–Kier alpha value is -1.04. The van der Waals surface area contributed by atoms with Gasteiger partial charge in [0.05, 0.1) is 12.0 Å². The summed E-state index contributed by atoms with van der Waals surface area (Å²) >= 11 is 0. The molecule has 1 saturated heterocycles. The SMILES string of the molecule is CC1CCCCC1N1CC(C#N)CC1=O. The standard InChI is InChI=1S/C12H18N2O/c1-9-4-2-3-5-11(9)14-8-10(7-13)6-12(14)15/h9-11H,2-6,8H2,1H3. The first-order chi connectivity index (χ1) is 7.22. The molecule has 2 aliphatic rings. The predicted octanol–water partition coefficient (Wildman–Crippen LogP) is 1.94. The molecule has 15 heavy (non-hydrogen) atoms. The highest BCUT2D eigenvalue weighted by Gasteiger charge is 2.37. The third-order valence-electron chi connectivity index (χ3n) is 3.81. The molecule has 82 valence electrons. The summed E-state index contributed by atoms with van der Waals surface area (Å²) in [6, 6.07) is 2.62. The number of nitrogens with zero attached hydrogens (tertiary/aromatic N) is 2. The topological polar surface area (TPSA) is 44.1 Å². The summed E-state index contributed by atoms with van der Waals surface area (Å²) in [5, 5.41) is 8.84. The van der Waals surface area contributed by atoms with Crippen molar-refractivity contribution in [1.29, 1.82) is 5.26 Å². The van der Waals surface area contributed by atoms with E-state index in [1.165, 1.54) is 19.3 Å². The summed E-state index contributed by atoms with van der Waals surface area (Å²) in [6.45, 7) is 2.90. The molecule has 1 heterocycles. The Labute approximate surface area is 91.1 Å². The van der Waals surface area contributed by atoms with Crippen molar-refractivity contribution in [2.45, 2.75) is 45.1 Å². The molecule has 0 aromatic rings. The minimum absolute atomic E-state index is 0.0633. The van der Waals surface area contributed by atoms with Crippen LogP contribution >= 0.6 is 0 Å². The average Bonchev–Trinajstić information content (AvgIpc) is 2.60. The van der Waals surface area contributed by atoms with Gasteiger partial charge in [-0.15, -0.1) is 0 Å². The first-order valence-electron chi connectivity index (χ1n) is 5.91. The van der Waals surface area contributed by atoms with E-state index in [0.717, 1.165) is 6.42 Å². The molecule has 0 aromatic heterocycles. The van der Waals surface area contributed by atoms with Crippen LogP contribution in [0.3, 0.4) is 0 Å². The Morgan fingerprint density at radius 2 is 2.13 bits per heavy atom. The minimum Gasteiger partial charge on any atom is -0.338 e. The van der Waals surface area contributed by atoms with Crippen LogP contribution in [0, 0.1) is 23.2 Å². The van der Waals surface area contributed by atoms with Crippen molar-refractivity contribution in [3.8, 4) is 6.07 Å². The first-order valence-corrected chi connectivity index (χ1v) is 5.91. The van der Waals surface area contributed by atoms with Crippen molar-refractivity contribution >= 4 is 5.91 Å². The summed E-state index contributed by atoms with van der Waals surface area (Å²) in [6.07, 6.45) is 5.33. The highest BCUT2D eigenvalue weighted by atomic mass is 16.2. The molecular weight excluding hydrogens is 188 g/mol. The maximum absolute atomic E-state index is 11.8. The maximum Gasteiger partial charge on any atom is 0.224 e. The van der Waals surface area contributed by atoms with Crippen molar-refractivity contribution in [2.24, 2.45) is 11.8 Å². The Morgan fingerprint density at radius 3 is 2.73 bits per heavy atom. The molecule has 2 fully saturated rings.